The van der Waals surface area contributed by atoms with Gasteiger partial charge in [-0.1, -0.05) is 35.9 Å². The Kier molecular flexibility index (Phi) is 8.72. The second-order valence-corrected chi connectivity index (χ2v) is 10.5. The van der Waals surface area contributed by atoms with E-state index in [4.69, 9.17) is 19.2 Å². The molecule has 1 fully saturated rings. The van der Waals surface area contributed by atoms with E-state index < -0.39 is 0 Å². The van der Waals surface area contributed by atoms with Gasteiger partial charge in [0.25, 0.3) is 0 Å². The molecule has 0 atom stereocenters. The normalized spacial score (nSPS) is 15.2. The van der Waals surface area contributed by atoms with Crippen LogP contribution in [0.5, 0.6) is 11.5 Å². The zero-order valence-corrected chi connectivity index (χ0v) is 22.9. The standard InChI is InChI=1S/C28H35N5O4S/c1-21-3-5-22(6-4-21)18-26-29-28(38-30-26)33(15-16-35-2)10-9-27(34)32-13-11-31(12-14-32)19-23-7-8-24-25(17-23)37-20-36-24/h3-8,17H,9-16,18-20H2,1-2H3. The molecular formula is C28H35N5O4S. The Morgan fingerprint density at radius 3 is 2.58 bits per heavy atom. The summed E-state index contributed by atoms with van der Waals surface area (Å²) >= 11 is 1.39. The first-order valence-electron chi connectivity index (χ1n) is 13.1. The Labute approximate surface area is 228 Å². The maximum absolute atomic E-state index is 13.1. The highest BCUT2D eigenvalue weighted by molar-refractivity contribution is 7.09. The number of fused-ring (bicyclic) bond motifs is 1. The molecule has 0 aliphatic carbocycles. The van der Waals surface area contributed by atoms with Crippen LogP contribution in [0, 0.1) is 6.92 Å². The minimum absolute atomic E-state index is 0.180. The highest BCUT2D eigenvalue weighted by atomic mass is 32.1. The highest BCUT2D eigenvalue weighted by Crippen LogP contribution is 2.33. The summed E-state index contributed by atoms with van der Waals surface area (Å²) in [6, 6.07) is 14.6. The molecule has 2 aliphatic heterocycles. The second kappa shape index (κ2) is 12.6. The Morgan fingerprint density at radius 2 is 1.79 bits per heavy atom. The van der Waals surface area contributed by atoms with Gasteiger partial charge in [-0.15, -0.1) is 0 Å². The summed E-state index contributed by atoms with van der Waals surface area (Å²) in [6.07, 6.45) is 1.14. The van der Waals surface area contributed by atoms with Crippen LogP contribution in [-0.2, 0) is 22.5 Å². The molecule has 202 valence electrons. The third-order valence-corrected chi connectivity index (χ3v) is 7.75. The van der Waals surface area contributed by atoms with Crippen LogP contribution >= 0.6 is 11.5 Å². The first-order valence-corrected chi connectivity index (χ1v) is 13.9. The lowest BCUT2D eigenvalue weighted by Gasteiger charge is -2.35. The van der Waals surface area contributed by atoms with Crippen molar-refractivity contribution in [3.63, 3.8) is 0 Å². The van der Waals surface area contributed by atoms with E-state index in [1.807, 2.05) is 17.0 Å². The van der Waals surface area contributed by atoms with E-state index in [2.05, 4.69) is 51.4 Å². The molecule has 1 saturated heterocycles. The summed E-state index contributed by atoms with van der Waals surface area (Å²) < 4.78 is 20.8. The van der Waals surface area contributed by atoms with Crippen molar-refractivity contribution in [2.24, 2.45) is 0 Å². The molecule has 1 aromatic heterocycles. The number of methoxy groups -OCH3 is 1. The fourth-order valence-corrected chi connectivity index (χ4v) is 5.42. The van der Waals surface area contributed by atoms with Crippen molar-refractivity contribution >= 4 is 22.6 Å². The minimum Gasteiger partial charge on any atom is -0.454 e. The molecule has 9 nitrogen and oxygen atoms in total. The first-order chi connectivity index (χ1) is 18.6. The molecule has 38 heavy (non-hydrogen) atoms. The van der Waals surface area contributed by atoms with E-state index in [1.54, 1.807) is 7.11 Å². The van der Waals surface area contributed by atoms with Crippen LogP contribution in [0.25, 0.3) is 0 Å². The van der Waals surface area contributed by atoms with Gasteiger partial charge < -0.3 is 24.0 Å². The van der Waals surface area contributed by atoms with Gasteiger partial charge in [-0.2, -0.15) is 4.37 Å². The number of aryl methyl sites for hydroxylation is 1. The van der Waals surface area contributed by atoms with Gasteiger partial charge in [0, 0.05) is 77.3 Å². The van der Waals surface area contributed by atoms with Gasteiger partial charge in [0.1, 0.15) is 5.82 Å². The minimum atomic E-state index is 0.180. The zero-order valence-electron chi connectivity index (χ0n) is 22.1. The van der Waals surface area contributed by atoms with Crippen LogP contribution in [0.2, 0.25) is 0 Å². The molecule has 0 unspecified atom stereocenters. The number of rotatable bonds is 11. The van der Waals surface area contributed by atoms with Crippen LogP contribution in [0.3, 0.4) is 0 Å². The third kappa shape index (κ3) is 6.80. The number of aromatic nitrogens is 2. The Balaban J connectivity index is 1.10. The van der Waals surface area contributed by atoms with E-state index >= 15 is 0 Å². The van der Waals surface area contributed by atoms with Crippen LogP contribution < -0.4 is 14.4 Å². The largest absolute Gasteiger partial charge is 0.454 e. The Hall–Kier alpha value is -3.21. The smallest absolute Gasteiger partial charge is 0.231 e. The number of carbonyl (C=O) groups is 1. The van der Waals surface area contributed by atoms with Gasteiger partial charge in [-0.3, -0.25) is 9.69 Å². The molecular weight excluding hydrogens is 502 g/mol. The van der Waals surface area contributed by atoms with E-state index in [-0.39, 0.29) is 12.7 Å². The monoisotopic (exact) mass is 537 g/mol. The Bertz CT molecular complexity index is 1210. The molecule has 0 bridgehead atoms. The summed E-state index contributed by atoms with van der Waals surface area (Å²) in [5.41, 5.74) is 3.63. The molecule has 0 N–H and O–H groups in total. The SMILES string of the molecule is COCCN(CCC(=O)N1CCN(Cc2ccc3c(c2)OCO3)CC1)c1nc(Cc2ccc(C)cc2)ns1. The lowest BCUT2D eigenvalue weighted by atomic mass is 10.1. The first kappa shape index (κ1) is 26.4. The lowest BCUT2D eigenvalue weighted by Crippen LogP contribution is -2.48. The third-order valence-electron chi connectivity index (χ3n) is 6.94. The van der Waals surface area contributed by atoms with Crippen molar-refractivity contribution in [2.45, 2.75) is 26.3 Å². The fourth-order valence-electron chi connectivity index (χ4n) is 4.68. The maximum Gasteiger partial charge on any atom is 0.231 e. The number of amides is 1. The number of hydrogen-bond donors (Lipinski definition) is 0. The van der Waals surface area contributed by atoms with Crippen molar-refractivity contribution in [3.8, 4) is 11.5 Å². The van der Waals surface area contributed by atoms with Crippen LogP contribution in [0.4, 0.5) is 5.13 Å². The number of benzene rings is 2. The fraction of sp³-hybridized carbons (Fsp3) is 0.464. The predicted octanol–water partition coefficient (Wildman–Crippen LogP) is 3.35. The van der Waals surface area contributed by atoms with Crippen LogP contribution in [-0.4, -0.2) is 84.8 Å². The molecule has 0 spiro atoms. The van der Waals surface area contributed by atoms with E-state index in [9.17, 15) is 4.79 Å². The molecule has 1 amide bonds. The van der Waals surface area contributed by atoms with Crippen molar-refractivity contribution in [1.29, 1.82) is 0 Å². The number of nitrogens with zero attached hydrogens (tertiary/aromatic N) is 5. The highest BCUT2D eigenvalue weighted by Gasteiger charge is 2.23. The zero-order chi connectivity index (χ0) is 26.3. The average Bonchev–Trinajstić information content (AvgIpc) is 3.60. The molecule has 3 aromatic rings. The van der Waals surface area contributed by atoms with Gasteiger partial charge in [-0.05, 0) is 30.2 Å². The number of hydrogen-bond acceptors (Lipinski definition) is 9. The average molecular weight is 538 g/mol. The summed E-state index contributed by atoms with van der Waals surface area (Å²) in [5.74, 6) is 2.60. The molecule has 2 aromatic carbocycles. The Morgan fingerprint density at radius 1 is 1.03 bits per heavy atom. The van der Waals surface area contributed by atoms with Gasteiger partial charge in [0.15, 0.2) is 11.5 Å². The molecule has 5 rings (SSSR count). The number of anilines is 1. The molecule has 3 heterocycles. The lowest BCUT2D eigenvalue weighted by molar-refractivity contribution is -0.132. The number of carbonyl (C=O) groups excluding carboxylic acids is 1. The summed E-state index contributed by atoms with van der Waals surface area (Å²) in [7, 11) is 1.69. The second-order valence-electron chi connectivity index (χ2n) is 9.73. The molecule has 2 aliphatic rings. The topological polar surface area (TPSA) is 80.3 Å². The van der Waals surface area contributed by atoms with Gasteiger partial charge in [-0.25, -0.2) is 4.98 Å². The van der Waals surface area contributed by atoms with E-state index in [1.165, 1.54) is 28.2 Å². The van der Waals surface area contributed by atoms with Crippen LogP contribution in [0.15, 0.2) is 42.5 Å². The summed E-state index contributed by atoms with van der Waals surface area (Å²) in [6.45, 7) is 8.23. The molecule has 0 radical (unpaired) electrons. The quantitative estimate of drug-likeness (QED) is 0.369. The van der Waals surface area contributed by atoms with Gasteiger partial charge in [0.2, 0.25) is 17.8 Å². The number of piperazine rings is 1. The molecule has 10 heteroatoms. The predicted molar refractivity (Wildman–Crippen MR) is 147 cm³/mol. The summed E-state index contributed by atoms with van der Waals surface area (Å²) in [5, 5.41) is 0.838. The van der Waals surface area contributed by atoms with E-state index in [0.29, 0.717) is 32.5 Å². The van der Waals surface area contributed by atoms with Crippen molar-refractivity contribution in [3.05, 3.63) is 65.0 Å². The van der Waals surface area contributed by atoms with E-state index in [0.717, 1.165) is 55.2 Å². The number of ether oxygens (including phenoxy) is 3. The van der Waals surface area contributed by atoms with Crippen molar-refractivity contribution < 1.29 is 19.0 Å². The summed E-state index contributed by atoms with van der Waals surface area (Å²) in [4.78, 5) is 24.3. The van der Waals surface area contributed by atoms with Gasteiger partial charge in [0.05, 0.1) is 6.61 Å². The van der Waals surface area contributed by atoms with Crippen molar-refractivity contribution in [2.75, 3.05) is 64.7 Å². The van der Waals surface area contributed by atoms with Gasteiger partial charge >= 0.3 is 0 Å². The maximum atomic E-state index is 13.1. The van der Waals surface area contributed by atoms with Crippen molar-refractivity contribution in [1.82, 2.24) is 19.2 Å². The van der Waals surface area contributed by atoms with Crippen LogP contribution in [0.1, 0.15) is 28.9 Å². The molecule has 0 saturated carbocycles.